The quantitative estimate of drug-likeness (QED) is 0.827. The highest BCUT2D eigenvalue weighted by atomic mass is 16.5. The van der Waals surface area contributed by atoms with Crippen molar-refractivity contribution >= 4 is 11.9 Å². The number of nitrogens with zero attached hydrogens (tertiary/aromatic N) is 3. The summed E-state index contributed by atoms with van der Waals surface area (Å²) in [6.07, 6.45) is 1.58. The molecule has 0 aliphatic carbocycles. The van der Waals surface area contributed by atoms with Crippen LogP contribution < -0.4 is 15.8 Å². The van der Waals surface area contributed by atoms with E-state index in [1.165, 1.54) is 0 Å². The number of anilines is 2. The van der Waals surface area contributed by atoms with E-state index in [0.29, 0.717) is 11.7 Å². The Labute approximate surface area is 104 Å². The number of rotatable bonds is 5. The second-order valence-corrected chi connectivity index (χ2v) is 3.97. The van der Waals surface area contributed by atoms with Gasteiger partial charge in [0.15, 0.2) is 0 Å². The molecule has 96 valence electrons. The molecule has 0 aliphatic rings. The average molecular weight is 249 g/mol. The molecule has 0 aliphatic heterocycles. The number of hydrogen-bond acceptors (Lipinski definition) is 7. The van der Waals surface area contributed by atoms with Gasteiger partial charge in [0.25, 0.3) is 0 Å². The fourth-order valence-corrected chi connectivity index (χ4v) is 1.29. The molecule has 0 unspecified atom stereocenters. The highest BCUT2D eigenvalue weighted by molar-refractivity contribution is 5.33. The van der Waals surface area contributed by atoms with Crippen molar-refractivity contribution in [1.82, 2.24) is 15.0 Å². The van der Waals surface area contributed by atoms with Crippen LogP contribution in [0, 0.1) is 0 Å². The smallest absolute Gasteiger partial charge is 0.323 e. The van der Waals surface area contributed by atoms with E-state index in [0.717, 1.165) is 0 Å². The summed E-state index contributed by atoms with van der Waals surface area (Å²) < 4.78 is 10.5. The number of hydrogen-bond donors (Lipinski definition) is 2. The summed E-state index contributed by atoms with van der Waals surface area (Å²) in [5, 5.41) is 3.03. The van der Waals surface area contributed by atoms with Crippen molar-refractivity contribution in [3.05, 3.63) is 24.2 Å². The van der Waals surface area contributed by atoms with Crippen LogP contribution in [0.3, 0.4) is 0 Å². The Bertz CT molecular complexity index is 498. The molecule has 0 bridgehead atoms. The number of nitrogen functional groups attached to an aromatic ring is 1. The third kappa shape index (κ3) is 3.34. The van der Waals surface area contributed by atoms with E-state index in [2.05, 4.69) is 20.3 Å². The first-order chi connectivity index (χ1) is 8.63. The molecule has 0 saturated carbocycles. The molecule has 3 N–H and O–H groups in total. The Balaban J connectivity index is 2.05. The zero-order valence-electron chi connectivity index (χ0n) is 10.3. The van der Waals surface area contributed by atoms with Crippen LogP contribution in [0.25, 0.3) is 0 Å². The molecule has 2 heterocycles. The Morgan fingerprint density at radius 2 is 2.22 bits per heavy atom. The van der Waals surface area contributed by atoms with Crippen molar-refractivity contribution < 1.29 is 9.15 Å². The van der Waals surface area contributed by atoms with Gasteiger partial charge >= 0.3 is 6.01 Å². The third-order valence-electron chi connectivity index (χ3n) is 1.97. The highest BCUT2D eigenvalue weighted by Gasteiger charge is 2.07. The summed E-state index contributed by atoms with van der Waals surface area (Å²) in [5.41, 5.74) is 5.58. The van der Waals surface area contributed by atoms with Gasteiger partial charge < -0.3 is 20.2 Å². The zero-order chi connectivity index (χ0) is 13.0. The van der Waals surface area contributed by atoms with Gasteiger partial charge in [0.1, 0.15) is 12.4 Å². The second-order valence-electron chi connectivity index (χ2n) is 3.97. The molecule has 7 heteroatoms. The van der Waals surface area contributed by atoms with Crippen LogP contribution in [0.4, 0.5) is 11.9 Å². The van der Waals surface area contributed by atoms with Gasteiger partial charge in [-0.05, 0) is 26.0 Å². The van der Waals surface area contributed by atoms with E-state index in [-0.39, 0.29) is 24.6 Å². The monoisotopic (exact) mass is 249 g/mol. The fourth-order valence-electron chi connectivity index (χ4n) is 1.29. The largest absolute Gasteiger partial charge is 0.466 e. The number of furan rings is 1. The van der Waals surface area contributed by atoms with Crippen LogP contribution in [0.1, 0.15) is 19.6 Å². The van der Waals surface area contributed by atoms with Crippen LogP contribution >= 0.6 is 0 Å². The van der Waals surface area contributed by atoms with Crippen molar-refractivity contribution in [2.24, 2.45) is 0 Å². The maximum atomic E-state index is 5.58. The third-order valence-corrected chi connectivity index (χ3v) is 1.97. The Morgan fingerprint density at radius 1 is 1.39 bits per heavy atom. The van der Waals surface area contributed by atoms with Gasteiger partial charge in [0, 0.05) is 6.04 Å². The molecule has 0 radical (unpaired) electrons. The van der Waals surface area contributed by atoms with Crippen molar-refractivity contribution in [3.63, 3.8) is 0 Å². The van der Waals surface area contributed by atoms with Crippen molar-refractivity contribution in [2.45, 2.75) is 26.5 Å². The predicted octanol–water partition coefficient (Wildman–Crippen LogP) is 1.45. The molecular formula is C11H15N5O2. The first-order valence-electron chi connectivity index (χ1n) is 5.57. The molecule has 0 atom stereocenters. The van der Waals surface area contributed by atoms with Crippen molar-refractivity contribution in [1.29, 1.82) is 0 Å². The summed E-state index contributed by atoms with van der Waals surface area (Å²) in [6.45, 7) is 4.20. The van der Waals surface area contributed by atoms with Gasteiger partial charge in [-0.3, -0.25) is 0 Å². The molecule has 0 spiro atoms. The lowest BCUT2D eigenvalue weighted by Crippen LogP contribution is -2.14. The highest BCUT2D eigenvalue weighted by Crippen LogP contribution is 2.12. The molecule has 2 rings (SSSR count). The minimum atomic E-state index is 0.114. The molecule has 2 aromatic rings. The maximum Gasteiger partial charge on any atom is 0.323 e. The first-order valence-corrected chi connectivity index (χ1v) is 5.57. The molecule has 18 heavy (non-hydrogen) atoms. The first kappa shape index (κ1) is 12.2. The second kappa shape index (κ2) is 5.35. The van der Waals surface area contributed by atoms with Crippen molar-refractivity contribution in [3.8, 4) is 6.01 Å². The Morgan fingerprint density at radius 3 is 2.89 bits per heavy atom. The summed E-state index contributed by atoms with van der Waals surface area (Å²) in [7, 11) is 0. The van der Waals surface area contributed by atoms with E-state index in [4.69, 9.17) is 14.9 Å². The van der Waals surface area contributed by atoms with Gasteiger partial charge in [0.2, 0.25) is 11.9 Å². The number of nitrogens with one attached hydrogen (secondary N) is 1. The SMILES string of the molecule is CC(C)Nc1nc(N)nc(OCc2ccco2)n1. The van der Waals surface area contributed by atoms with E-state index < -0.39 is 0 Å². The molecule has 0 saturated heterocycles. The molecule has 7 nitrogen and oxygen atoms in total. The van der Waals surface area contributed by atoms with Crippen molar-refractivity contribution in [2.75, 3.05) is 11.1 Å². The lowest BCUT2D eigenvalue weighted by atomic mass is 10.4. The van der Waals surface area contributed by atoms with Gasteiger partial charge in [-0.2, -0.15) is 15.0 Å². The van der Waals surface area contributed by atoms with Gasteiger partial charge in [-0.15, -0.1) is 0 Å². The lowest BCUT2D eigenvalue weighted by molar-refractivity contribution is 0.250. The van der Waals surface area contributed by atoms with Gasteiger partial charge in [0.05, 0.1) is 6.26 Å². The van der Waals surface area contributed by atoms with E-state index in [1.54, 1.807) is 18.4 Å². The van der Waals surface area contributed by atoms with Crippen LogP contribution in [-0.4, -0.2) is 21.0 Å². The summed E-state index contributed by atoms with van der Waals surface area (Å²) in [6, 6.07) is 3.95. The minimum Gasteiger partial charge on any atom is -0.466 e. The molecule has 0 aromatic carbocycles. The van der Waals surface area contributed by atoms with Crippen LogP contribution in [0.5, 0.6) is 6.01 Å². The zero-order valence-corrected chi connectivity index (χ0v) is 10.3. The standard InChI is InChI=1S/C11H15N5O2/c1-7(2)13-10-14-9(12)15-11(16-10)18-6-8-4-3-5-17-8/h3-5,7H,6H2,1-2H3,(H3,12,13,14,15,16). The molecule has 2 aromatic heterocycles. The maximum absolute atomic E-state index is 5.58. The predicted molar refractivity (Wildman–Crippen MR) is 66.0 cm³/mol. The summed E-state index contributed by atoms with van der Waals surface area (Å²) >= 11 is 0. The van der Waals surface area contributed by atoms with Crippen LogP contribution in [-0.2, 0) is 6.61 Å². The summed E-state index contributed by atoms with van der Waals surface area (Å²) in [5.74, 6) is 1.20. The number of nitrogens with two attached hydrogens (primary N) is 1. The van der Waals surface area contributed by atoms with Crippen LogP contribution in [0.2, 0.25) is 0 Å². The molecule has 0 amide bonds. The van der Waals surface area contributed by atoms with E-state index in [9.17, 15) is 0 Å². The van der Waals surface area contributed by atoms with E-state index >= 15 is 0 Å². The van der Waals surface area contributed by atoms with Gasteiger partial charge in [-0.25, -0.2) is 0 Å². The average Bonchev–Trinajstić information content (AvgIpc) is 2.77. The van der Waals surface area contributed by atoms with Gasteiger partial charge in [-0.1, -0.05) is 0 Å². The lowest BCUT2D eigenvalue weighted by Gasteiger charge is -2.09. The Hall–Kier alpha value is -2.31. The summed E-state index contributed by atoms with van der Waals surface area (Å²) in [4.78, 5) is 11.9. The molecule has 0 fully saturated rings. The minimum absolute atomic E-state index is 0.114. The number of ether oxygens (including phenoxy) is 1. The fraction of sp³-hybridized carbons (Fsp3) is 0.364. The topological polar surface area (TPSA) is 99.1 Å². The van der Waals surface area contributed by atoms with Crippen LogP contribution in [0.15, 0.2) is 22.8 Å². The molecular weight excluding hydrogens is 234 g/mol. The Kier molecular flexibility index (Phi) is 3.61. The van der Waals surface area contributed by atoms with E-state index in [1.807, 2.05) is 13.8 Å². The normalized spacial score (nSPS) is 10.6. The number of aromatic nitrogens is 3.